The monoisotopic (exact) mass is 696 g/mol. The number of benzene rings is 8. The van der Waals surface area contributed by atoms with Crippen molar-refractivity contribution in [2.24, 2.45) is 0 Å². The zero-order valence-corrected chi connectivity index (χ0v) is 29.1. The fraction of sp³-hybridized carbons (Fsp3) is 0. The van der Waals surface area contributed by atoms with Gasteiger partial charge in [0.1, 0.15) is 0 Å². The van der Waals surface area contributed by atoms with Crippen molar-refractivity contribution in [3.05, 3.63) is 239 Å². The minimum Gasteiger partial charge on any atom is -0.289 e. The van der Waals surface area contributed by atoms with E-state index in [1.54, 1.807) is 109 Å². The van der Waals surface area contributed by atoms with Gasteiger partial charge in [0.15, 0.2) is 23.1 Å². The zero-order valence-electron chi connectivity index (χ0n) is 29.1. The summed E-state index contributed by atoms with van der Waals surface area (Å²) in [6.45, 7) is 0. The molecular formula is C50H32O4. The number of rotatable bonds is 10. The van der Waals surface area contributed by atoms with Gasteiger partial charge in [-0.05, 0) is 34.0 Å². The van der Waals surface area contributed by atoms with Gasteiger partial charge >= 0.3 is 0 Å². The van der Waals surface area contributed by atoms with Crippen LogP contribution in [0.2, 0.25) is 0 Å². The normalized spacial score (nSPS) is 10.9. The Balaban J connectivity index is 1.61. The van der Waals surface area contributed by atoms with Crippen molar-refractivity contribution in [2.45, 2.75) is 0 Å². The van der Waals surface area contributed by atoms with Crippen LogP contribution in [-0.4, -0.2) is 23.1 Å². The maximum absolute atomic E-state index is 15.2. The molecule has 8 aromatic carbocycles. The number of ketones is 4. The van der Waals surface area contributed by atoms with Crippen LogP contribution in [0.1, 0.15) is 63.7 Å². The summed E-state index contributed by atoms with van der Waals surface area (Å²) < 4.78 is 0. The van der Waals surface area contributed by atoms with Gasteiger partial charge in [0.05, 0.1) is 0 Å². The van der Waals surface area contributed by atoms with Crippen molar-refractivity contribution in [1.29, 1.82) is 0 Å². The molecule has 0 aromatic heterocycles. The van der Waals surface area contributed by atoms with Crippen LogP contribution in [0.3, 0.4) is 0 Å². The topological polar surface area (TPSA) is 68.3 Å². The van der Waals surface area contributed by atoms with Crippen LogP contribution in [0, 0.1) is 0 Å². The van der Waals surface area contributed by atoms with Crippen LogP contribution in [0.25, 0.3) is 33.0 Å². The lowest BCUT2D eigenvalue weighted by molar-refractivity contribution is 0.100. The highest BCUT2D eigenvalue weighted by atomic mass is 16.1. The molecule has 256 valence electrons. The van der Waals surface area contributed by atoms with E-state index in [1.807, 2.05) is 84.9 Å². The lowest BCUT2D eigenvalue weighted by atomic mass is 9.77. The summed E-state index contributed by atoms with van der Waals surface area (Å²) in [4.78, 5) is 59.5. The Morgan fingerprint density at radius 1 is 0.278 bits per heavy atom. The molecule has 0 fully saturated rings. The molecule has 0 N–H and O–H groups in total. The van der Waals surface area contributed by atoms with Gasteiger partial charge in [-0.15, -0.1) is 0 Å². The van der Waals surface area contributed by atoms with Crippen molar-refractivity contribution in [2.75, 3.05) is 0 Å². The minimum atomic E-state index is -0.340. The number of fused-ring (bicyclic) bond motifs is 1. The first-order valence-corrected chi connectivity index (χ1v) is 17.7. The van der Waals surface area contributed by atoms with Crippen molar-refractivity contribution in [3.63, 3.8) is 0 Å². The summed E-state index contributed by atoms with van der Waals surface area (Å²) in [6.07, 6.45) is 0. The molecule has 54 heavy (non-hydrogen) atoms. The third kappa shape index (κ3) is 6.27. The second kappa shape index (κ2) is 14.7. The number of carbonyl (C=O) groups is 4. The van der Waals surface area contributed by atoms with Crippen LogP contribution >= 0.6 is 0 Å². The number of hydrogen-bond donors (Lipinski definition) is 0. The van der Waals surface area contributed by atoms with E-state index in [9.17, 15) is 9.59 Å². The molecule has 0 aliphatic heterocycles. The average molecular weight is 697 g/mol. The van der Waals surface area contributed by atoms with Crippen LogP contribution in [0.4, 0.5) is 0 Å². The smallest absolute Gasteiger partial charge is 0.194 e. The Hall–Kier alpha value is -7.30. The lowest BCUT2D eigenvalue weighted by Gasteiger charge is -2.24. The first-order chi connectivity index (χ1) is 26.5. The van der Waals surface area contributed by atoms with E-state index in [4.69, 9.17) is 0 Å². The Bertz CT molecular complexity index is 2480. The van der Waals surface area contributed by atoms with E-state index in [-0.39, 0.29) is 45.4 Å². The van der Waals surface area contributed by atoms with E-state index in [1.165, 1.54) is 0 Å². The highest BCUT2D eigenvalue weighted by Crippen LogP contribution is 2.45. The van der Waals surface area contributed by atoms with Crippen LogP contribution in [-0.2, 0) is 0 Å². The summed E-state index contributed by atoms with van der Waals surface area (Å²) in [5, 5.41) is 1.13. The first kappa shape index (κ1) is 33.8. The van der Waals surface area contributed by atoms with Gasteiger partial charge in [-0.3, -0.25) is 19.2 Å². The van der Waals surface area contributed by atoms with E-state index in [0.717, 1.165) is 0 Å². The number of carbonyl (C=O) groups excluding carboxylic acids is 4. The third-order valence-corrected chi connectivity index (χ3v) is 9.66. The van der Waals surface area contributed by atoms with Crippen LogP contribution in [0.15, 0.2) is 194 Å². The predicted octanol–water partition coefficient (Wildman–Crippen LogP) is 11.1. The summed E-state index contributed by atoms with van der Waals surface area (Å²) in [5.41, 5.74) is 4.84. The average Bonchev–Trinajstić information content (AvgIpc) is 3.26. The van der Waals surface area contributed by atoms with Crippen molar-refractivity contribution in [1.82, 2.24) is 0 Å². The summed E-state index contributed by atoms with van der Waals surface area (Å²) >= 11 is 0. The molecule has 4 heteroatoms. The summed E-state index contributed by atoms with van der Waals surface area (Å²) in [7, 11) is 0. The fourth-order valence-electron chi connectivity index (χ4n) is 7.13. The highest BCUT2D eigenvalue weighted by Gasteiger charge is 2.32. The number of hydrogen-bond acceptors (Lipinski definition) is 4. The van der Waals surface area contributed by atoms with Gasteiger partial charge in [0, 0.05) is 55.6 Å². The summed E-state index contributed by atoms with van der Waals surface area (Å²) in [6, 6.07) is 57.9. The maximum atomic E-state index is 15.2. The zero-order chi connectivity index (χ0) is 37.0. The van der Waals surface area contributed by atoms with Crippen molar-refractivity contribution in [3.8, 4) is 22.3 Å². The Labute approximate surface area is 313 Å². The molecule has 0 aliphatic rings. The van der Waals surface area contributed by atoms with E-state index < -0.39 is 0 Å². The van der Waals surface area contributed by atoms with Crippen LogP contribution in [0.5, 0.6) is 0 Å². The standard InChI is InChI=1S/C50H32O4/c51-47(35-23-11-3-12-24-35)41-31-39-40(32-42(41)48(52)36-25-13-4-14-26-36)44(34-21-9-2-10-22-34)46(50(54)38-29-17-6-18-30-38)45(43(39)33-19-7-1-8-20-33)49(53)37-27-15-5-16-28-37/h1-32H. The molecule has 0 saturated heterocycles. The molecule has 0 spiro atoms. The molecule has 0 saturated carbocycles. The highest BCUT2D eigenvalue weighted by molar-refractivity contribution is 6.31. The lowest BCUT2D eigenvalue weighted by Crippen LogP contribution is -2.17. The molecule has 0 atom stereocenters. The maximum Gasteiger partial charge on any atom is 0.194 e. The van der Waals surface area contributed by atoms with Crippen LogP contribution < -0.4 is 0 Å². The minimum absolute atomic E-state index is 0.194. The Morgan fingerprint density at radius 3 is 0.796 bits per heavy atom. The van der Waals surface area contributed by atoms with Gasteiger partial charge in [-0.1, -0.05) is 182 Å². The second-order valence-electron chi connectivity index (χ2n) is 13.0. The Kier molecular flexibility index (Phi) is 9.23. The third-order valence-electron chi connectivity index (χ3n) is 9.66. The van der Waals surface area contributed by atoms with E-state index in [0.29, 0.717) is 55.3 Å². The van der Waals surface area contributed by atoms with Crippen molar-refractivity contribution < 1.29 is 19.2 Å². The second-order valence-corrected chi connectivity index (χ2v) is 13.0. The quantitative estimate of drug-likeness (QED) is 0.134. The largest absolute Gasteiger partial charge is 0.289 e. The van der Waals surface area contributed by atoms with Gasteiger partial charge in [-0.2, -0.15) is 0 Å². The van der Waals surface area contributed by atoms with E-state index >= 15 is 9.59 Å². The molecule has 0 aliphatic carbocycles. The Morgan fingerprint density at radius 2 is 0.519 bits per heavy atom. The van der Waals surface area contributed by atoms with Gasteiger partial charge in [0.25, 0.3) is 0 Å². The summed E-state index contributed by atoms with van der Waals surface area (Å²) in [5.74, 6) is -1.35. The molecule has 0 amide bonds. The molecule has 8 aromatic rings. The molecule has 0 radical (unpaired) electrons. The van der Waals surface area contributed by atoms with E-state index in [2.05, 4.69) is 0 Å². The first-order valence-electron chi connectivity index (χ1n) is 17.7. The molecule has 8 rings (SSSR count). The van der Waals surface area contributed by atoms with Gasteiger partial charge in [0.2, 0.25) is 0 Å². The SMILES string of the molecule is O=C(c1ccccc1)c1cc2c(-c3ccccc3)c(C(=O)c3ccccc3)c(C(=O)c3ccccc3)c(-c3ccccc3)c2cc1C(=O)c1ccccc1. The molecular weight excluding hydrogens is 665 g/mol. The predicted molar refractivity (Wildman–Crippen MR) is 214 cm³/mol. The van der Waals surface area contributed by atoms with Crippen molar-refractivity contribution >= 4 is 33.9 Å². The fourth-order valence-corrected chi connectivity index (χ4v) is 7.13. The molecule has 4 nitrogen and oxygen atoms in total. The van der Waals surface area contributed by atoms with Gasteiger partial charge < -0.3 is 0 Å². The molecule has 0 bridgehead atoms. The molecule has 0 unspecified atom stereocenters. The molecule has 0 heterocycles. The van der Waals surface area contributed by atoms with Gasteiger partial charge in [-0.25, -0.2) is 0 Å².